The highest BCUT2D eigenvalue weighted by molar-refractivity contribution is 5.85. The summed E-state index contributed by atoms with van der Waals surface area (Å²) < 4.78 is 5.30. The zero-order valence-corrected chi connectivity index (χ0v) is 11.6. The fourth-order valence-corrected chi connectivity index (χ4v) is 3.41. The maximum Gasteiger partial charge on any atom is 0.228 e. The Balaban J connectivity index is 0.00000120. The van der Waals surface area contributed by atoms with E-state index in [1.165, 1.54) is 19.3 Å². The van der Waals surface area contributed by atoms with Crippen LogP contribution in [0.3, 0.4) is 0 Å². The molecule has 0 aromatic rings. The van der Waals surface area contributed by atoms with Crippen molar-refractivity contribution in [3.8, 4) is 0 Å². The first-order valence-corrected chi connectivity index (χ1v) is 6.86. The maximum absolute atomic E-state index is 12.2. The molecular formula is C13H23ClN2O2. The van der Waals surface area contributed by atoms with E-state index in [1.807, 2.05) is 0 Å². The van der Waals surface area contributed by atoms with Crippen LogP contribution in [-0.4, -0.2) is 50.2 Å². The molecule has 0 bridgehead atoms. The van der Waals surface area contributed by atoms with Gasteiger partial charge in [-0.2, -0.15) is 0 Å². The third-order valence-corrected chi connectivity index (χ3v) is 4.75. The Bertz CT molecular complexity index is 289. The highest BCUT2D eigenvalue weighted by Crippen LogP contribution is 2.37. The molecule has 3 fully saturated rings. The molecule has 104 valence electrons. The number of piperidine rings is 1. The molecule has 1 N–H and O–H groups in total. The van der Waals surface area contributed by atoms with Gasteiger partial charge in [-0.1, -0.05) is 0 Å². The number of carbonyl (C=O) groups excluding carboxylic acids is 1. The molecule has 3 rings (SSSR count). The molecule has 0 aromatic carbocycles. The van der Waals surface area contributed by atoms with Crippen LogP contribution >= 0.6 is 12.4 Å². The van der Waals surface area contributed by atoms with Crippen molar-refractivity contribution in [2.75, 3.05) is 39.4 Å². The van der Waals surface area contributed by atoms with Gasteiger partial charge in [0.2, 0.25) is 5.91 Å². The largest absolute Gasteiger partial charge is 0.381 e. The normalized spacial score (nSPS) is 30.4. The van der Waals surface area contributed by atoms with E-state index in [0.717, 1.165) is 39.2 Å². The summed E-state index contributed by atoms with van der Waals surface area (Å²) in [7, 11) is 0. The number of amides is 1. The molecule has 1 amide bonds. The van der Waals surface area contributed by atoms with Crippen LogP contribution < -0.4 is 5.32 Å². The lowest BCUT2D eigenvalue weighted by Gasteiger charge is -2.39. The second kappa shape index (κ2) is 5.76. The van der Waals surface area contributed by atoms with E-state index in [0.29, 0.717) is 17.9 Å². The molecule has 1 atom stereocenters. The molecule has 3 aliphatic rings. The highest BCUT2D eigenvalue weighted by atomic mass is 35.5. The first-order valence-electron chi connectivity index (χ1n) is 6.86. The van der Waals surface area contributed by atoms with Crippen molar-refractivity contribution in [2.45, 2.75) is 25.7 Å². The van der Waals surface area contributed by atoms with Crippen molar-refractivity contribution < 1.29 is 9.53 Å². The van der Waals surface area contributed by atoms with Gasteiger partial charge in [0.25, 0.3) is 0 Å². The molecule has 3 heterocycles. The lowest BCUT2D eigenvalue weighted by molar-refractivity contribution is -0.137. The Hall–Kier alpha value is -0.320. The molecule has 0 aromatic heterocycles. The van der Waals surface area contributed by atoms with Gasteiger partial charge in [0, 0.05) is 26.2 Å². The van der Waals surface area contributed by atoms with Crippen LogP contribution in [0.5, 0.6) is 0 Å². The van der Waals surface area contributed by atoms with E-state index in [1.54, 1.807) is 0 Å². The Kier molecular flexibility index (Phi) is 4.51. The first kappa shape index (κ1) is 14.1. The average molecular weight is 275 g/mol. The van der Waals surface area contributed by atoms with E-state index in [-0.39, 0.29) is 18.3 Å². The van der Waals surface area contributed by atoms with Crippen LogP contribution in [0.2, 0.25) is 0 Å². The number of likely N-dealkylation sites (tertiary alicyclic amines) is 1. The van der Waals surface area contributed by atoms with Gasteiger partial charge in [-0.05, 0) is 37.6 Å². The molecule has 1 spiro atoms. The number of hydrogen-bond acceptors (Lipinski definition) is 3. The second-order valence-electron chi connectivity index (χ2n) is 5.81. The molecule has 0 radical (unpaired) electrons. The summed E-state index contributed by atoms with van der Waals surface area (Å²) >= 11 is 0. The van der Waals surface area contributed by atoms with E-state index in [2.05, 4.69) is 10.2 Å². The quantitative estimate of drug-likeness (QED) is 0.777. The maximum atomic E-state index is 12.2. The topological polar surface area (TPSA) is 41.6 Å². The van der Waals surface area contributed by atoms with Gasteiger partial charge in [0.05, 0.1) is 12.5 Å². The lowest BCUT2D eigenvalue weighted by Crippen LogP contribution is -2.46. The average Bonchev–Trinajstić information content (AvgIpc) is 3.01. The predicted octanol–water partition coefficient (Wildman–Crippen LogP) is 1.05. The van der Waals surface area contributed by atoms with Crippen LogP contribution in [0.15, 0.2) is 0 Å². The van der Waals surface area contributed by atoms with Crippen molar-refractivity contribution in [1.82, 2.24) is 10.2 Å². The van der Waals surface area contributed by atoms with Crippen LogP contribution in [-0.2, 0) is 9.53 Å². The van der Waals surface area contributed by atoms with Gasteiger partial charge in [-0.25, -0.2) is 0 Å². The second-order valence-corrected chi connectivity index (χ2v) is 5.81. The summed E-state index contributed by atoms with van der Waals surface area (Å²) in [5.41, 5.74) is 0.503. The van der Waals surface area contributed by atoms with Gasteiger partial charge in [0.15, 0.2) is 0 Å². The fraction of sp³-hybridized carbons (Fsp3) is 0.923. The van der Waals surface area contributed by atoms with E-state index in [9.17, 15) is 4.79 Å². The van der Waals surface area contributed by atoms with Crippen LogP contribution in [0.4, 0.5) is 0 Å². The Morgan fingerprint density at radius 1 is 1.28 bits per heavy atom. The fourth-order valence-electron chi connectivity index (χ4n) is 3.41. The van der Waals surface area contributed by atoms with Gasteiger partial charge >= 0.3 is 0 Å². The molecular weight excluding hydrogens is 252 g/mol. The summed E-state index contributed by atoms with van der Waals surface area (Å²) in [5.74, 6) is 0.481. The molecule has 3 aliphatic heterocycles. The SMILES string of the molecule is Cl.O=C(C1CCOC1)N1CCC2(CCNC2)CC1. The standard InChI is InChI=1S/C13H22N2O2.ClH/c16-12(11-1-8-17-9-11)15-6-3-13(4-7-15)2-5-14-10-13;/h11,14H,1-10H2;1H. The van der Waals surface area contributed by atoms with Crippen LogP contribution in [0.1, 0.15) is 25.7 Å². The Morgan fingerprint density at radius 2 is 2.06 bits per heavy atom. The summed E-state index contributed by atoms with van der Waals surface area (Å²) in [6.45, 7) is 5.63. The van der Waals surface area contributed by atoms with Crippen LogP contribution in [0, 0.1) is 11.3 Å². The number of nitrogens with one attached hydrogen (secondary N) is 1. The summed E-state index contributed by atoms with van der Waals surface area (Å²) in [5, 5.41) is 3.46. The molecule has 4 nitrogen and oxygen atoms in total. The third kappa shape index (κ3) is 2.65. The van der Waals surface area contributed by atoms with Crippen molar-refractivity contribution in [3.05, 3.63) is 0 Å². The molecule has 0 saturated carbocycles. The zero-order valence-electron chi connectivity index (χ0n) is 10.8. The minimum atomic E-state index is 0. The number of hydrogen-bond donors (Lipinski definition) is 1. The van der Waals surface area contributed by atoms with Gasteiger partial charge < -0.3 is 15.0 Å². The van der Waals surface area contributed by atoms with Gasteiger partial charge in [-0.15, -0.1) is 12.4 Å². The van der Waals surface area contributed by atoms with Gasteiger partial charge in [0.1, 0.15) is 0 Å². The summed E-state index contributed by atoms with van der Waals surface area (Å²) in [4.78, 5) is 14.3. The number of nitrogens with zero attached hydrogens (tertiary/aromatic N) is 1. The third-order valence-electron chi connectivity index (χ3n) is 4.75. The highest BCUT2D eigenvalue weighted by Gasteiger charge is 2.39. The molecule has 3 saturated heterocycles. The molecule has 0 aliphatic carbocycles. The number of rotatable bonds is 1. The predicted molar refractivity (Wildman–Crippen MR) is 71.9 cm³/mol. The smallest absolute Gasteiger partial charge is 0.228 e. The summed E-state index contributed by atoms with van der Waals surface area (Å²) in [6.07, 6.45) is 4.57. The number of carbonyl (C=O) groups is 1. The van der Waals surface area contributed by atoms with Crippen LogP contribution in [0.25, 0.3) is 0 Å². The van der Waals surface area contributed by atoms with Crippen molar-refractivity contribution >= 4 is 18.3 Å². The lowest BCUT2D eigenvalue weighted by atomic mass is 9.77. The molecule has 18 heavy (non-hydrogen) atoms. The Morgan fingerprint density at radius 3 is 2.61 bits per heavy atom. The van der Waals surface area contributed by atoms with E-state index >= 15 is 0 Å². The minimum Gasteiger partial charge on any atom is -0.381 e. The van der Waals surface area contributed by atoms with Crippen molar-refractivity contribution in [3.63, 3.8) is 0 Å². The Labute approximate surface area is 115 Å². The monoisotopic (exact) mass is 274 g/mol. The van der Waals surface area contributed by atoms with E-state index < -0.39 is 0 Å². The molecule has 1 unspecified atom stereocenters. The van der Waals surface area contributed by atoms with Gasteiger partial charge in [-0.3, -0.25) is 4.79 Å². The van der Waals surface area contributed by atoms with Crippen molar-refractivity contribution in [2.24, 2.45) is 11.3 Å². The van der Waals surface area contributed by atoms with Crippen molar-refractivity contribution in [1.29, 1.82) is 0 Å². The molecule has 5 heteroatoms. The summed E-state index contributed by atoms with van der Waals surface area (Å²) in [6, 6.07) is 0. The first-order chi connectivity index (χ1) is 8.29. The number of ether oxygens (including phenoxy) is 1. The number of halogens is 1. The zero-order chi connectivity index (χ0) is 11.7. The minimum absolute atomic E-state index is 0. The van der Waals surface area contributed by atoms with E-state index in [4.69, 9.17) is 4.74 Å².